The van der Waals surface area contributed by atoms with E-state index < -0.39 is 6.04 Å². The smallest absolute Gasteiger partial charge is 0.233 e. The molecule has 1 aromatic carbocycles. The van der Waals surface area contributed by atoms with Crippen LogP contribution in [0.15, 0.2) is 23.3 Å². The van der Waals surface area contributed by atoms with Crippen molar-refractivity contribution in [1.82, 2.24) is 0 Å². The number of anilines is 1. The van der Waals surface area contributed by atoms with Crippen molar-refractivity contribution < 1.29 is 4.79 Å². The van der Waals surface area contributed by atoms with Crippen LogP contribution in [0.2, 0.25) is 5.02 Å². The van der Waals surface area contributed by atoms with Gasteiger partial charge in [-0.1, -0.05) is 29.7 Å². The van der Waals surface area contributed by atoms with Crippen LogP contribution in [-0.4, -0.2) is 11.9 Å². The molecule has 17 heavy (non-hydrogen) atoms. The maximum Gasteiger partial charge on any atom is 0.233 e. The second-order valence-corrected chi connectivity index (χ2v) is 4.01. The molecule has 0 aliphatic rings. The van der Waals surface area contributed by atoms with E-state index in [0.29, 0.717) is 17.1 Å². The molecule has 90 valence electrons. The van der Waals surface area contributed by atoms with Gasteiger partial charge in [-0.25, -0.2) is 0 Å². The Labute approximate surface area is 104 Å². The number of hydrogen-bond acceptors (Lipinski definition) is 2. The van der Waals surface area contributed by atoms with Crippen LogP contribution in [0.25, 0.3) is 10.4 Å². The maximum absolute atomic E-state index is 11.8. The Morgan fingerprint density at radius 2 is 2.35 bits per heavy atom. The van der Waals surface area contributed by atoms with Crippen molar-refractivity contribution in [2.24, 2.45) is 5.11 Å². The summed E-state index contributed by atoms with van der Waals surface area (Å²) in [6.45, 7) is 3.64. The lowest BCUT2D eigenvalue weighted by molar-refractivity contribution is -0.117. The molecule has 1 unspecified atom stereocenters. The summed E-state index contributed by atoms with van der Waals surface area (Å²) in [5, 5.41) is 6.67. The van der Waals surface area contributed by atoms with Crippen LogP contribution in [0, 0.1) is 6.92 Å². The molecule has 0 radical (unpaired) electrons. The van der Waals surface area contributed by atoms with E-state index in [1.165, 1.54) is 0 Å². The van der Waals surface area contributed by atoms with Crippen LogP contribution < -0.4 is 5.32 Å². The number of aryl methyl sites for hydroxylation is 1. The standard InChI is InChI=1S/C11H13ClN4O/c1-3-9(15-16-13)11(17)14-10-6-8(12)5-4-7(10)2/h4-6,9H,3H2,1-2H3,(H,14,17). The van der Waals surface area contributed by atoms with E-state index in [-0.39, 0.29) is 5.91 Å². The summed E-state index contributed by atoms with van der Waals surface area (Å²) < 4.78 is 0. The average Bonchev–Trinajstić information content (AvgIpc) is 2.30. The predicted molar refractivity (Wildman–Crippen MR) is 68.0 cm³/mol. The van der Waals surface area contributed by atoms with E-state index >= 15 is 0 Å². The fourth-order valence-electron chi connectivity index (χ4n) is 1.33. The largest absolute Gasteiger partial charge is 0.325 e. The summed E-state index contributed by atoms with van der Waals surface area (Å²) in [7, 11) is 0. The third kappa shape index (κ3) is 3.66. The minimum absolute atomic E-state index is 0.323. The van der Waals surface area contributed by atoms with Crippen molar-refractivity contribution >= 4 is 23.2 Å². The lowest BCUT2D eigenvalue weighted by Gasteiger charge is -2.12. The minimum atomic E-state index is -0.696. The van der Waals surface area contributed by atoms with Crippen molar-refractivity contribution in [2.75, 3.05) is 5.32 Å². The molecule has 1 aromatic rings. The van der Waals surface area contributed by atoms with Gasteiger partial charge in [-0.15, -0.1) is 0 Å². The molecule has 0 bridgehead atoms. The van der Waals surface area contributed by atoms with Crippen LogP contribution in [0.4, 0.5) is 5.69 Å². The topological polar surface area (TPSA) is 77.9 Å². The van der Waals surface area contributed by atoms with Crippen LogP contribution >= 0.6 is 11.6 Å². The number of halogens is 1. The Balaban J connectivity index is 2.86. The van der Waals surface area contributed by atoms with Gasteiger partial charge in [-0.05, 0) is 36.6 Å². The van der Waals surface area contributed by atoms with Gasteiger partial charge in [0.15, 0.2) is 0 Å². The van der Waals surface area contributed by atoms with E-state index in [2.05, 4.69) is 15.3 Å². The van der Waals surface area contributed by atoms with Gasteiger partial charge in [0.2, 0.25) is 5.91 Å². The van der Waals surface area contributed by atoms with E-state index in [1.54, 1.807) is 19.1 Å². The molecule has 0 saturated heterocycles. The second kappa shape index (κ2) is 6.13. The number of rotatable bonds is 4. The van der Waals surface area contributed by atoms with Gasteiger partial charge in [-0.2, -0.15) is 0 Å². The van der Waals surface area contributed by atoms with Gasteiger partial charge in [-0.3, -0.25) is 4.79 Å². The molecule has 0 fully saturated rings. The summed E-state index contributed by atoms with van der Waals surface area (Å²) in [5.74, 6) is -0.323. The Morgan fingerprint density at radius 3 is 2.94 bits per heavy atom. The maximum atomic E-state index is 11.8. The monoisotopic (exact) mass is 252 g/mol. The summed E-state index contributed by atoms with van der Waals surface area (Å²) in [6.07, 6.45) is 0.454. The Kier molecular flexibility index (Phi) is 4.82. The molecule has 0 heterocycles. The zero-order chi connectivity index (χ0) is 12.8. The summed E-state index contributed by atoms with van der Waals surface area (Å²) in [6, 6.07) is 4.53. The predicted octanol–water partition coefficient (Wildman–Crippen LogP) is 3.68. The quantitative estimate of drug-likeness (QED) is 0.495. The molecular formula is C11H13ClN4O. The van der Waals surface area contributed by atoms with Gasteiger partial charge in [0.1, 0.15) is 6.04 Å². The number of amides is 1. The van der Waals surface area contributed by atoms with Gasteiger partial charge in [0, 0.05) is 15.6 Å². The first-order valence-electron chi connectivity index (χ1n) is 5.19. The van der Waals surface area contributed by atoms with E-state index in [9.17, 15) is 4.79 Å². The highest BCUT2D eigenvalue weighted by Gasteiger charge is 2.15. The molecule has 1 amide bonds. The number of carbonyl (C=O) groups excluding carboxylic acids is 1. The summed E-state index contributed by atoms with van der Waals surface area (Å²) >= 11 is 5.84. The zero-order valence-corrected chi connectivity index (χ0v) is 10.4. The minimum Gasteiger partial charge on any atom is -0.325 e. The molecule has 0 aliphatic carbocycles. The first-order valence-corrected chi connectivity index (χ1v) is 5.57. The molecule has 0 spiro atoms. The number of carbonyl (C=O) groups is 1. The molecule has 5 nitrogen and oxygen atoms in total. The molecular weight excluding hydrogens is 240 g/mol. The number of azide groups is 1. The first-order chi connectivity index (χ1) is 8.08. The zero-order valence-electron chi connectivity index (χ0n) is 9.64. The number of nitrogens with one attached hydrogen (secondary N) is 1. The third-order valence-corrected chi connectivity index (χ3v) is 2.57. The van der Waals surface area contributed by atoms with Crippen LogP contribution in [-0.2, 0) is 4.79 Å². The lowest BCUT2D eigenvalue weighted by Crippen LogP contribution is -2.25. The van der Waals surface area contributed by atoms with Crippen molar-refractivity contribution in [1.29, 1.82) is 0 Å². The molecule has 0 aromatic heterocycles. The highest BCUT2D eigenvalue weighted by Crippen LogP contribution is 2.20. The van der Waals surface area contributed by atoms with Crippen molar-refractivity contribution in [3.05, 3.63) is 39.2 Å². The molecule has 1 atom stereocenters. The van der Waals surface area contributed by atoms with E-state index in [1.807, 2.05) is 13.0 Å². The fraction of sp³-hybridized carbons (Fsp3) is 0.364. The van der Waals surface area contributed by atoms with Crippen LogP contribution in [0.1, 0.15) is 18.9 Å². The fourth-order valence-corrected chi connectivity index (χ4v) is 1.50. The Morgan fingerprint density at radius 1 is 1.65 bits per heavy atom. The van der Waals surface area contributed by atoms with E-state index in [4.69, 9.17) is 17.1 Å². The number of hydrogen-bond donors (Lipinski definition) is 1. The summed E-state index contributed by atoms with van der Waals surface area (Å²) in [4.78, 5) is 14.4. The number of nitrogens with zero attached hydrogens (tertiary/aromatic N) is 3. The Bertz CT molecular complexity index is 469. The molecule has 0 saturated carbocycles. The van der Waals surface area contributed by atoms with Crippen molar-refractivity contribution in [3.63, 3.8) is 0 Å². The van der Waals surface area contributed by atoms with Gasteiger partial charge < -0.3 is 5.32 Å². The average molecular weight is 253 g/mol. The lowest BCUT2D eigenvalue weighted by atomic mass is 10.1. The van der Waals surface area contributed by atoms with E-state index in [0.717, 1.165) is 5.56 Å². The number of benzene rings is 1. The first kappa shape index (κ1) is 13.4. The molecule has 6 heteroatoms. The molecule has 1 N–H and O–H groups in total. The normalized spacial score (nSPS) is 11.5. The molecule has 0 aliphatic heterocycles. The highest BCUT2D eigenvalue weighted by atomic mass is 35.5. The van der Waals surface area contributed by atoms with Crippen molar-refractivity contribution in [3.8, 4) is 0 Å². The second-order valence-electron chi connectivity index (χ2n) is 3.58. The van der Waals surface area contributed by atoms with Gasteiger partial charge in [0.05, 0.1) is 0 Å². The molecule has 1 rings (SSSR count). The van der Waals surface area contributed by atoms with Gasteiger partial charge >= 0.3 is 0 Å². The third-order valence-electron chi connectivity index (χ3n) is 2.34. The summed E-state index contributed by atoms with van der Waals surface area (Å²) in [5.41, 5.74) is 9.87. The highest BCUT2D eigenvalue weighted by molar-refractivity contribution is 6.31. The van der Waals surface area contributed by atoms with Crippen LogP contribution in [0.3, 0.4) is 0 Å². The van der Waals surface area contributed by atoms with Crippen LogP contribution in [0.5, 0.6) is 0 Å². The SMILES string of the molecule is CCC(N=[N+]=[N-])C(=O)Nc1cc(Cl)ccc1C. The Hall–Kier alpha value is -1.71. The van der Waals surface area contributed by atoms with Crippen molar-refractivity contribution in [2.45, 2.75) is 26.3 Å². The van der Waals surface area contributed by atoms with Gasteiger partial charge in [0.25, 0.3) is 0 Å².